The first-order chi connectivity index (χ1) is 10.8. The minimum Gasteiger partial charge on any atom is -0.365 e. The topological polar surface area (TPSA) is 102 Å². The van der Waals surface area contributed by atoms with Crippen LogP contribution in [0.2, 0.25) is 0 Å². The van der Waals surface area contributed by atoms with Crippen molar-refractivity contribution in [1.82, 2.24) is 4.98 Å². The summed E-state index contributed by atoms with van der Waals surface area (Å²) in [5.41, 5.74) is 5.66. The summed E-state index contributed by atoms with van der Waals surface area (Å²) >= 11 is 3.26. The number of hydrogen-bond donors (Lipinski definition) is 1. The first-order valence-corrected chi connectivity index (χ1v) is 7.18. The molecule has 0 fully saturated rings. The minimum absolute atomic E-state index is 0.0556. The predicted octanol–water partition coefficient (Wildman–Crippen LogP) is 2.63. The molecule has 120 valence electrons. The van der Waals surface area contributed by atoms with E-state index in [0.717, 1.165) is 17.8 Å². The molecule has 2 rings (SSSR count). The number of rotatable bonds is 5. The summed E-state index contributed by atoms with van der Waals surface area (Å²) in [7, 11) is 1.65. The van der Waals surface area contributed by atoms with Crippen molar-refractivity contribution in [1.29, 1.82) is 0 Å². The molecule has 0 unspecified atom stereocenters. The Morgan fingerprint density at radius 3 is 2.74 bits per heavy atom. The number of amides is 1. The van der Waals surface area contributed by atoms with Crippen molar-refractivity contribution in [2.24, 2.45) is 5.73 Å². The minimum atomic E-state index is -0.818. The van der Waals surface area contributed by atoms with Crippen LogP contribution in [0.1, 0.15) is 15.9 Å². The average Bonchev–Trinajstić information content (AvgIpc) is 2.49. The number of carbonyl (C=O) groups is 1. The number of nitrogens with zero attached hydrogens (tertiary/aromatic N) is 3. The lowest BCUT2D eigenvalue weighted by Gasteiger charge is -2.20. The second-order valence-corrected chi connectivity index (χ2v) is 5.63. The first-order valence-electron chi connectivity index (χ1n) is 6.39. The lowest BCUT2D eigenvalue weighted by molar-refractivity contribution is -0.385. The van der Waals surface area contributed by atoms with E-state index in [1.165, 1.54) is 12.1 Å². The van der Waals surface area contributed by atoms with Crippen LogP contribution in [0.15, 0.2) is 34.9 Å². The molecule has 0 saturated heterocycles. The molecule has 1 heterocycles. The fraction of sp³-hybridized carbons (Fsp3) is 0.143. The van der Waals surface area contributed by atoms with Crippen LogP contribution in [0.25, 0.3) is 0 Å². The van der Waals surface area contributed by atoms with Gasteiger partial charge in [-0.05, 0) is 17.7 Å². The normalized spacial score (nSPS) is 10.4. The number of aromatic nitrogens is 1. The van der Waals surface area contributed by atoms with E-state index < -0.39 is 10.8 Å². The van der Waals surface area contributed by atoms with Gasteiger partial charge in [0, 0.05) is 24.1 Å². The highest BCUT2D eigenvalue weighted by Gasteiger charge is 2.19. The van der Waals surface area contributed by atoms with Crippen molar-refractivity contribution in [3.05, 3.63) is 62.0 Å². The summed E-state index contributed by atoms with van der Waals surface area (Å²) < 4.78 is 13.7. The molecule has 0 aliphatic heterocycles. The van der Waals surface area contributed by atoms with E-state index in [1.54, 1.807) is 18.0 Å². The molecular weight excluding hydrogens is 371 g/mol. The summed E-state index contributed by atoms with van der Waals surface area (Å²) in [5.74, 6) is -0.991. The number of pyridine rings is 1. The molecule has 0 aliphatic carbocycles. The Hall–Kier alpha value is -2.55. The quantitative estimate of drug-likeness (QED) is 0.632. The maximum atomic E-state index is 13.1. The van der Waals surface area contributed by atoms with Crippen LogP contribution in [0.4, 0.5) is 15.9 Å². The standard InChI is InChI=1S/C14H12BrFN4O3/c1-19(7-8-2-3-9(16)4-12(8)15)14-11(13(17)21)5-10(6-18-14)20(22)23/h2-6H,7H2,1H3,(H2,17,21). The van der Waals surface area contributed by atoms with E-state index in [0.29, 0.717) is 11.0 Å². The third-order valence-corrected chi connectivity index (χ3v) is 3.85. The van der Waals surface area contributed by atoms with Crippen molar-refractivity contribution >= 4 is 33.3 Å². The van der Waals surface area contributed by atoms with Crippen molar-refractivity contribution in [3.8, 4) is 0 Å². The van der Waals surface area contributed by atoms with Crippen LogP contribution < -0.4 is 10.6 Å². The molecule has 0 saturated carbocycles. The van der Waals surface area contributed by atoms with Gasteiger partial charge in [0.2, 0.25) is 0 Å². The molecule has 23 heavy (non-hydrogen) atoms. The van der Waals surface area contributed by atoms with E-state index in [4.69, 9.17) is 5.73 Å². The molecule has 0 aliphatic rings. The van der Waals surface area contributed by atoms with Gasteiger partial charge in [-0.25, -0.2) is 9.37 Å². The molecule has 9 heteroatoms. The number of hydrogen-bond acceptors (Lipinski definition) is 5. The molecular formula is C14H12BrFN4O3. The Bertz CT molecular complexity index is 785. The van der Waals surface area contributed by atoms with E-state index in [9.17, 15) is 19.3 Å². The molecule has 0 atom stereocenters. The number of benzene rings is 1. The summed E-state index contributed by atoms with van der Waals surface area (Å²) in [4.78, 5) is 27.2. The SMILES string of the molecule is CN(Cc1ccc(F)cc1Br)c1ncc([N+](=O)[O-])cc1C(N)=O. The molecule has 1 aromatic heterocycles. The van der Waals surface area contributed by atoms with Crippen molar-refractivity contribution in [2.45, 2.75) is 6.54 Å². The largest absolute Gasteiger partial charge is 0.365 e. The van der Waals surface area contributed by atoms with Crippen LogP contribution in [0.3, 0.4) is 0 Å². The Morgan fingerprint density at radius 2 is 2.17 bits per heavy atom. The summed E-state index contributed by atoms with van der Waals surface area (Å²) in [6, 6.07) is 5.31. The van der Waals surface area contributed by atoms with Crippen LogP contribution in [-0.2, 0) is 6.54 Å². The third kappa shape index (κ3) is 3.81. The van der Waals surface area contributed by atoms with Crippen LogP contribution in [-0.4, -0.2) is 22.9 Å². The zero-order valence-corrected chi connectivity index (χ0v) is 13.6. The Kier molecular flexibility index (Phi) is 4.89. The van der Waals surface area contributed by atoms with Crippen molar-refractivity contribution < 1.29 is 14.1 Å². The smallest absolute Gasteiger partial charge is 0.288 e. The summed E-state index contributed by atoms with van der Waals surface area (Å²) in [6.07, 6.45) is 1.05. The maximum Gasteiger partial charge on any atom is 0.288 e. The fourth-order valence-electron chi connectivity index (χ4n) is 2.01. The zero-order valence-electron chi connectivity index (χ0n) is 12.0. The van der Waals surface area contributed by atoms with E-state index in [1.807, 2.05) is 0 Å². The first kappa shape index (κ1) is 16.8. The maximum absolute atomic E-state index is 13.1. The molecule has 0 radical (unpaired) electrons. The van der Waals surface area contributed by atoms with Crippen LogP contribution in [0.5, 0.6) is 0 Å². The van der Waals surface area contributed by atoms with Gasteiger partial charge in [0.05, 0.1) is 10.5 Å². The Balaban J connectivity index is 2.36. The molecule has 0 spiro atoms. The zero-order chi connectivity index (χ0) is 17.1. The average molecular weight is 383 g/mol. The highest BCUT2D eigenvalue weighted by atomic mass is 79.9. The van der Waals surface area contributed by atoms with E-state index in [2.05, 4.69) is 20.9 Å². The summed E-state index contributed by atoms with van der Waals surface area (Å²) in [5, 5.41) is 10.8. The number of primary amides is 1. The van der Waals surface area contributed by atoms with Gasteiger partial charge in [-0.1, -0.05) is 22.0 Å². The van der Waals surface area contributed by atoms with E-state index >= 15 is 0 Å². The number of nitrogens with two attached hydrogens (primary N) is 1. The van der Waals surface area contributed by atoms with Crippen molar-refractivity contribution in [2.75, 3.05) is 11.9 Å². The molecule has 1 aromatic carbocycles. The van der Waals surface area contributed by atoms with E-state index in [-0.39, 0.29) is 22.9 Å². The lowest BCUT2D eigenvalue weighted by atomic mass is 10.2. The highest BCUT2D eigenvalue weighted by molar-refractivity contribution is 9.10. The molecule has 2 N–H and O–H groups in total. The summed E-state index contributed by atoms with van der Waals surface area (Å²) in [6.45, 7) is 0.298. The predicted molar refractivity (Wildman–Crippen MR) is 85.6 cm³/mol. The lowest BCUT2D eigenvalue weighted by Crippen LogP contribution is -2.23. The van der Waals surface area contributed by atoms with Gasteiger partial charge >= 0.3 is 0 Å². The van der Waals surface area contributed by atoms with Gasteiger partial charge in [0.15, 0.2) is 0 Å². The number of anilines is 1. The Labute approximate surface area is 139 Å². The van der Waals surface area contributed by atoms with Gasteiger partial charge in [-0.15, -0.1) is 0 Å². The molecule has 7 nitrogen and oxygen atoms in total. The monoisotopic (exact) mass is 382 g/mol. The Morgan fingerprint density at radius 1 is 1.48 bits per heavy atom. The van der Waals surface area contributed by atoms with Gasteiger partial charge in [0.1, 0.15) is 17.8 Å². The van der Waals surface area contributed by atoms with Gasteiger partial charge in [-0.2, -0.15) is 0 Å². The number of halogens is 2. The van der Waals surface area contributed by atoms with Crippen LogP contribution in [0, 0.1) is 15.9 Å². The van der Waals surface area contributed by atoms with Crippen molar-refractivity contribution in [3.63, 3.8) is 0 Å². The second kappa shape index (κ2) is 6.69. The number of carbonyl (C=O) groups excluding carboxylic acids is 1. The highest BCUT2D eigenvalue weighted by Crippen LogP contribution is 2.25. The number of nitro groups is 1. The van der Waals surface area contributed by atoms with Gasteiger partial charge in [0.25, 0.3) is 11.6 Å². The van der Waals surface area contributed by atoms with Crippen LogP contribution >= 0.6 is 15.9 Å². The fourth-order valence-corrected chi connectivity index (χ4v) is 2.49. The second-order valence-electron chi connectivity index (χ2n) is 4.78. The van der Waals surface area contributed by atoms with Gasteiger partial charge < -0.3 is 10.6 Å². The van der Waals surface area contributed by atoms with Gasteiger partial charge in [-0.3, -0.25) is 14.9 Å². The molecule has 1 amide bonds. The molecule has 2 aromatic rings. The molecule has 0 bridgehead atoms. The third-order valence-electron chi connectivity index (χ3n) is 3.11.